The number of nitrogens with one attached hydrogen (secondary N) is 2. The van der Waals surface area contributed by atoms with Crippen molar-refractivity contribution in [2.24, 2.45) is 10.7 Å². The number of rotatable bonds is 6. The van der Waals surface area contributed by atoms with Crippen molar-refractivity contribution in [2.75, 3.05) is 13.7 Å². The van der Waals surface area contributed by atoms with Crippen LogP contribution in [0.5, 0.6) is 5.75 Å². The fourth-order valence-electron chi connectivity index (χ4n) is 2.66. The fourth-order valence-corrected chi connectivity index (χ4v) is 2.66. The molecule has 0 bridgehead atoms. The third kappa shape index (κ3) is 3.85. The number of fused-ring (bicyclic) bond motifs is 1. The SMILES string of the molecule is CN=C(N)NC(=O)c1cc2c(C)ccc(OCCCn3ccnc3)c2[nH]1. The van der Waals surface area contributed by atoms with Gasteiger partial charge in [0, 0.05) is 31.4 Å². The monoisotopic (exact) mass is 354 g/mol. The lowest BCUT2D eigenvalue weighted by Crippen LogP contribution is -2.36. The summed E-state index contributed by atoms with van der Waals surface area (Å²) in [6.45, 7) is 3.39. The van der Waals surface area contributed by atoms with Crippen molar-refractivity contribution in [1.29, 1.82) is 0 Å². The number of nitrogens with two attached hydrogens (primary N) is 1. The molecule has 2 heterocycles. The molecule has 3 rings (SSSR count). The summed E-state index contributed by atoms with van der Waals surface area (Å²) in [7, 11) is 1.51. The number of aryl methyl sites for hydroxylation is 2. The second-order valence-electron chi connectivity index (χ2n) is 5.92. The Morgan fingerprint density at radius 1 is 1.46 bits per heavy atom. The first-order chi connectivity index (χ1) is 12.6. The predicted octanol–water partition coefficient (Wildman–Crippen LogP) is 1.82. The number of guanidine groups is 1. The van der Waals surface area contributed by atoms with Gasteiger partial charge in [-0.15, -0.1) is 0 Å². The first kappa shape index (κ1) is 17.5. The van der Waals surface area contributed by atoms with Gasteiger partial charge in [0.15, 0.2) is 5.96 Å². The predicted molar refractivity (Wildman–Crippen MR) is 100 cm³/mol. The molecule has 0 fully saturated rings. The Morgan fingerprint density at radius 3 is 3.04 bits per heavy atom. The molecule has 26 heavy (non-hydrogen) atoms. The zero-order valence-electron chi connectivity index (χ0n) is 14.8. The summed E-state index contributed by atoms with van der Waals surface area (Å²) < 4.78 is 7.93. The molecule has 8 heteroatoms. The minimum atomic E-state index is -0.338. The van der Waals surface area contributed by atoms with E-state index in [0.717, 1.165) is 29.4 Å². The van der Waals surface area contributed by atoms with Crippen LogP contribution < -0.4 is 15.8 Å². The number of ether oxygens (including phenoxy) is 1. The van der Waals surface area contributed by atoms with Gasteiger partial charge in [0.05, 0.1) is 18.5 Å². The summed E-state index contributed by atoms with van der Waals surface area (Å²) in [5, 5.41) is 3.46. The average Bonchev–Trinajstić information content (AvgIpc) is 3.30. The second-order valence-corrected chi connectivity index (χ2v) is 5.92. The Labute approximate surface area is 151 Å². The van der Waals surface area contributed by atoms with Crippen LogP contribution in [0.15, 0.2) is 41.9 Å². The minimum absolute atomic E-state index is 0.0707. The number of carbonyl (C=O) groups is 1. The van der Waals surface area contributed by atoms with Crippen LogP contribution in [0.2, 0.25) is 0 Å². The van der Waals surface area contributed by atoms with Crippen molar-refractivity contribution < 1.29 is 9.53 Å². The van der Waals surface area contributed by atoms with E-state index in [1.54, 1.807) is 18.6 Å². The highest BCUT2D eigenvalue weighted by Gasteiger charge is 2.14. The molecule has 3 aromatic rings. The van der Waals surface area contributed by atoms with E-state index in [-0.39, 0.29) is 11.9 Å². The average molecular weight is 354 g/mol. The van der Waals surface area contributed by atoms with E-state index >= 15 is 0 Å². The lowest BCUT2D eigenvalue weighted by molar-refractivity contribution is 0.0972. The number of H-pyrrole nitrogens is 1. The van der Waals surface area contributed by atoms with Gasteiger partial charge in [0.2, 0.25) is 0 Å². The Balaban J connectivity index is 1.73. The number of amides is 1. The highest BCUT2D eigenvalue weighted by atomic mass is 16.5. The molecule has 0 saturated carbocycles. The minimum Gasteiger partial charge on any atom is -0.491 e. The summed E-state index contributed by atoms with van der Waals surface area (Å²) in [6.07, 6.45) is 6.31. The molecule has 1 amide bonds. The number of imidazole rings is 1. The molecule has 0 aliphatic carbocycles. The molecular weight excluding hydrogens is 332 g/mol. The van der Waals surface area contributed by atoms with Crippen LogP contribution in [0.25, 0.3) is 10.9 Å². The van der Waals surface area contributed by atoms with Gasteiger partial charge in [-0.2, -0.15) is 0 Å². The number of carbonyl (C=O) groups excluding carboxylic acids is 1. The van der Waals surface area contributed by atoms with E-state index < -0.39 is 0 Å². The van der Waals surface area contributed by atoms with E-state index in [0.29, 0.717) is 18.1 Å². The number of aromatic amines is 1. The normalized spacial score (nSPS) is 11.7. The number of hydrogen-bond acceptors (Lipinski definition) is 4. The maximum Gasteiger partial charge on any atom is 0.274 e. The molecule has 1 aromatic carbocycles. The number of aliphatic imine (C=N–C) groups is 1. The van der Waals surface area contributed by atoms with Crippen molar-refractivity contribution in [3.8, 4) is 5.75 Å². The van der Waals surface area contributed by atoms with Gasteiger partial charge in [0.25, 0.3) is 5.91 Å². The Hall–Kier alpha value is -3.29. The molecule has 0 aliphatic heterocycles. The number of hydrogen-bond donors (Lipinski definition) is 3. The topological polar surface area (TPSA) is 110 Å². The summed E-state index contributed by atoms with van der Waals surface area (Å²) in [5.74, 6) is 0.448. The summed E-state index contributed by atoms with van der Waals surface area (Å²) in [6, 6.07) is 5.68. The molecule has 0 aliphatic rings. The molecule has 0 atom stereocenters. The van der Waals surface area contributed by atoms with Gasteiger partial charge in [-0.3, -0.25) is 15.1 Å². The van der Waals surface area contributed by atoms with Gasteiger partial charge >= 0.3 is 0 Å². The van der Waals surface area contributed by atoms with Crippen LogP contribution in [-0.2, 0) is 6.54 Å². The van der Waals surface area contributed by atoms with E-state index in [1.165, 1.54) is 7.05 Å². The lowest BCUT2D eigenvalue weighted by atomic mass is 10.1. The van der Waals surface area contributed by atoms with Crippen molar-refractivity contribution in [1.82, 2.24) is 19.9 Å². The standard InChI is InChI=1S/C18H22N6O2/c1-12-4-5-15(26-9-3-7-24-8-6-21-11-24)16-13(12)10-14(22-16)17(25)23-18(19)20-2/h4-6,8,10-11,22H,3,7,9H2,1-2H3,(H3,19,20,23,25). The first-order valence-corrected chi connectivity index (χ1v) is 8.33. The van der Waals surface area contributed by atoms with Crippen LogP contribution in [-0.4, -0.2) is 40.1 Å². The fraction of sp³-hybridized carbons (Fsp3) is 0.278. The maximum absolute atomic E-state index is 12.2. The third-order valence-corrected chi connectivity index (χ3v) is 4.08. The van der Waals surface area contributed by atoms with Crippen LogP contribution in [0.3, 0.4) is 0 Å². The van der Waals surface area contributed by atoms with Crippen molar-refractivity contribution in [3.05, 3.63) is 48.2 Å². The van der Waals surface area contributed by atoms with Gasteiger partial charge < -0.3 is 20.0 Å². The molecular formula is C18H22N6O2. The van der Waals surface area contributed by atoms with Crippen molar-refractivity contribution in [2.45, 2.75) is 19.9 Å². The zero-order valence-corrected chi connectivity index (χ0v) is 14.8. The zero-order chi connectivity index (χ0) is 18.5. The highest BCUT2D eigenvalue weighted by Crippen LogP contribution is 2.29. The van der Waals surface area contributed by atoms with Gasteiger partial charge in [-0.05, 0) is 31.0 Å². The Morgan fingerprint density at radius 2 is 2.31 bits per heavy atom. The maximum atomic E-state index is 12.2. The molecule has 0 spiro atoms. The van der Waals surface area contributed by atoms with Crippen molar-refractivity contribution >= 4 is 22.8 Å². The number of aromatic nitrogens is 3. The van der Waals surface area contributed by atoms with Gasteiger partial charge in [-0.1, -0.05) is 6.07 Å². The number of nitrogens with zero attached hydrogens (tertiary/aromatic N) is 3. The molecule has 0 radical (unpaired) electrons. The van der Waals surface area contributed by atoms with E-state index in [9.17, 15) is 4.79 Å². The summed E-state index contributed by atoms with van der Waals surface area (Å²) in [4.78, 5) is 23.1. The summed E-state index contributed by atoms with van der Waals surface area (Å²) in [5.41, 5.74) is 7.82. The Bertz CT molecular complexity index is 927. The van der Waals surface area contributed by atoms with Gasteiger partial charge in [-0.25, -0.2) is 4.98 Å². The second kappa shape index (κ2) is 7.73. The molecule has 0 saturated heterocycles. The molecule has 136 valence electrons. The van der Waals surface area contributed by atoms with Crippen molar-refractivity contribution in [3.63, 3.8) is 0 Å². The highest BCUT2D eigenvalue weighted by molar-refractivity contribution is 6.07. The smallest absolute Gasteiger partial charge is 0.274 e. The quantitative estimate of drug-likeness (QED) is 0.356. The van der Waals surface area contributed by atoms with E-state index in [2.05, 4.69) is 20.3 Å². The van der Waals surface area contributed by atoms with E-state index in [4.69, 9.17) is 10.5 Å². The van der Waals surface area contributed by atoms with Crippen LogP contribution >= 0.6 is 0 Å². The molecule has 0 unspecified atom stereocenters. The third-order valence-electron chi connectivity index (χ3n) is 4.08. The van der Waals surface area contributed by atoms with Crippen LogP contribution in [0, 0.1) is 6.92 Å². The molecule has 2 aromatic heterocycles. The van der Waals surface area contributed by atoms with Gasteiger partial charge in [0.1, 0.15) is 11.4 Å². The largest absolute Gasteiger partial charge is 0.491 e. The van der Waals surface area contributed by atoms with E-state index in [1.807, 2.05) is 29.8 Å². The van der Waals surface area contributed by atoms with Crippen LogP contribution in [0.1, 0.15) is 22.5 Å². The molecule has 4 N–H and O–H groups in total. The van der Waals surface area contributed by atoms with Crippen LogP contribution in [0.4, 0.5) is 0 Å². The molecule has 8 nitrogen and oxygen atoms in total. The number of benzene rings is 1. The lowest BCUT2D eigenvalue weighted by Gasteiger charge is -2.09. The Kier molecular flexibility index (Phi) is 5.21. The summed E-state index contributed by atoms with van der Waals surface area (Å²) >= 11 is 0. The first-order valence-electron chi connectivity index (χ1n) is 8.33.